The number of urea groups is 1. The van der Waals surface area contributed by atoms with Gasteiger partial charge in [0.2, 0.25) is 0 Å². The van der Waals surface area contributed by atoms with E-state index in [2.05, 4.69) is 17.1 Å². The molecule has 3 aliphatic rings. The van der Waals surface area contributed by atoms with Crippen molar-refractivity contribution in [3.05, 3.63) is 30.1 Å². The highest BCUT2D eigenvalue weighted by molar-refractivity contribution is 5.96. The number of hydrogen-bond donors (Lipinski definition) is 1. The summed E-state index contributed by atoms with van der Waals surface area (Å²) in [4.78, 5) is 16.9. The van der Waals surface area contributed by atoms with Crippen molar-refractivity contribution in [2.24, 2.45) is 5.92 Å². The molecule has 3 fully saturated rings. The van der Waals surface area contributed by atoms with Crippen molar-refractivity contribution in [3.8, 4) is 0 Å². The third-order valence-corrected chi connectivity index (χ3v) is 6.19. The summed E-state index contributed by atoms with van der Waals surface area (Å²) in [7, 11) is 0. The number of nitrogens with zero attached hydrogens (tertiary/aromatic N) is 2. The highest BCUT2D eigenvalue weighted by atomic mass is 19.1. The molecule has 0 unspecified atom stereocenters. The Morgan fingerprint density at radius 3 is 2.88 bits per heavy atom. The fourth-order valence-corrected chi connectivity index (χ4v) is 4.62. The van der Waals surface area contributed by atoms with Crippen LogP contribution in [-0.4, -0.2) is 42.1 Å². The highest BCUT2D eigenvalue weighted by Gasteiger charge is 2.50. The van der Waals surface area contributed by atoms with Gasteiger partial charge in [-0.25, -0.2) is 9.18 Å². The Morgan fingerprint density at radius 2 is 2.21 bits per heavy atom. The molecule has 2 amide bonds. The molecule has 130 valence electrons. The number of carbonyl (C=O) groups is 1. The Balaban J connectivity index is 1.54. The molecule has 1 N–H and O–H groups in total. The summed E-state index contributed by atoms with van der Waals surface area (Å²) < 4.78 is 13.7. The smallest absolute Gasteiger partial charge is 0.322 e. The molecule has 4 nitrogen and oxygen atoms in total. The second kappa shape index (κ2) is 6.03. The molecule has 2 aliphatic heterocycles. The van der Waals surface area contributed by atoms with E-state index < -0.39 is 0 Å². The molecular weight excluding hydrogens is 305 g/mol. The van der Waals surface area contributed by atoms with E-state index >= 15 is 0 Å². The number of halogens is 1. The topological polar surface area (TPSA) is 35.6 Å². The Hall–Kier alpha value is -1.62. The second-order valence-electron chi connectivity index (χ2n) is 7.79. The molecule has 1 aromatic rings. The van der Waals surface area contributed by atoms with Gasteiger partial charge in [-0.3, -0.25) is 4.90 Å². The fraction of sp³-hybridized carbons (Fsp3) is 0.632. The van der Waals surface area contributed by atoms with Gasteiger partial charge in [-0.05, 0) is 56.7 Å². The maximum atomic E-state index is 13.7. The van der Waals surface area contributed by atoms with Gasteiger partial charge in [0.15, 0.2) is 0 Å². The number of benzene rings is 1. The Kier molecular flexibility index (Phi) is 3.99. The van der Waals surface area contributed by atoms with Gasteiger partial charge in [0.1, 0.15) is 5.82 Å². The minimum Gasteiger partial charge on any atom is -0.335 e. The molecule has 5 heteroatoms. The normalized spacial score (nSPS) is 31.3. The van der Waals surface area contributed by atoms with Crippen LogP contribution in [0.3, 0.4) is 0 Å². The van der Waals surface area contributed by atoms with E-state index in [1.807, 2.05) is 11.0 Å². The molecule has 0 bridgehead atoms. The fourth-order valence-electron chi connectivity index (χ4n) is 4.62. The number of nitrogens with one attached hydrogen (secondary N) is 1. The average Bonchev–Trinajstić information content (AvgIpc) is 2.81. The Labute approximate surface area is 143 Å². The standard InChI is InChI=1S/C19H26FN3O/c1-14-11-19(8-9-22(14)12-15-4-2-5-15)13-21-18(24)23(19)17-7-3-6-16(20)10-17/h3,6-7,10,14-15H,2,4-5,8-9,11-13H2,1H3,(H,21,24)/t14-,19+/m0/s1. The zero-order valence-electron chi connectivity index (χ0n) is 14.3. The molecule has 0 aromatic heterocycles. The average molecular weight is 331 g/mol. The van der Waals surface area contributed by atoms with Gasteiger partial charge < -0.3 is 10.2 Å². The van der Waals surface area contributed by atoms with E-state index in [0.717, 1.165) is 25.3 Å². The predicted octanol–water partition coefficient (Wildman–Crippen LogP) is 3.38. The van der Waals surface area contributed by atoms with Gasteiger partial charge in [0, 0.05) is 31.4 Å². The van der Waals surface area contributed by atoms with Crippen molar-refractivity contribution < 1.29 is 9.18 Å². The molecule has 1 saturated carbocycles. The summed E-state index contributed by atoms with van der Waals surface area (Å²) in [5, 5.41) is 2.99. The predicted molar refractivity (Wildman–Crippen MR) is 92.6 cm³/mol. The molecule has 4 rings (SSSR count). The van der Waals surface area contributed by atoms with Gasteiger partial charge in [0.05, 0.1) is 5.54 Å². The van der Waals surface area contributed by atoms with Crippen molar-refractivity contribution in [3.63, 3.8) is 0 Å². The first-order valence-electron chi connectivity index (χ1n) is 9.15. The largest absolute Gasteiger partial charge is 0.335 e. The van der Waals surface area contributed by atoms with E-state index in [-0.39, 0.29) is 17.4 Å². The Morgan fingerprint density at radius 1 is 1.38 bits per heavy atom. The van der Waals surface area contributed by atoms with Gasteiger partial charge >= 0.3 is 6.03 Å². The summed E-state index contributed by atoms with van der Waals surface area (Å²) in [6.45, 7) is 5.13. The zero-order chi connectivity index (χ0) is 16.7. The molecule has 1 aromatic carbocycles. The summed E-state index contributed by atoms with van der Waals surface area (Å²) in [5.41, 5.74) is 0.449. The van der Waals surface area contributed by atoms with E-state index in [9.17, 15) is 9.18 Å². The van der Waals surface area contributed by atoms with Crippen LogP contribution in [0.5, 0.6) is 0 Å². The summed E-state index contributed by atoms with van der Waals surface area (Å²) in [6.07, 6.45) is 5.99. The van der Waals surface area contributed by atoms with Gasteiger partial charge in [-0.1, -0.05) is 12.5 Å². The van der Waals surface area contributed by atoms with Gasteiger partial charge in [-0.2, -0.15) is 0 Å². The zero-order valence-corrected chi connectivity index (χ0v) is 14.3. The minimum atomic E-state index is -0.294. The maximum Gasteiger partial charge on any atom is 0.322 e. The molecule has 2 atom stereocenters. The monoisotopic (exact) mass is 331 g/mol. The lowest BCUT2D eigenvalue weighted by molar-refractivity contribution is 0.0779. The molecule has 2 saturated heterocycles. The van der Waals surface area contributed by atoms with Crippen molar-refractivity contribution in [2.45, 2.75) is 50.6 Å². The van der Waals surface area contributed by atoms with E-state index in [0.29, 0.717) is 18.3 Å². The number of anilines is 1. The van der Waals surface area contributed by atoms with Crippen molar-refractivity contribution in [2.75, 3.05) is 24.5 Å². The molecular formula is C19H26FN3O. The quantitative estimate of drug-likeness (QED) is 0.922. The first-order valence-corrected chi connectivity index (χ1v) is 9.15. The highest BCUT2D eigenvalue weighted by Crippen LogP contribution is 2.39. The van der Waals surface area contributed by atoms with Crippen LogP contribution >= 0.6 is 0 Å². The second-order valence-corrected chi connectivity index (χ2v) is 7.79. The molecule has 2 heterocycles. The Bertz CT molecular complexity index is 633. The van der Waals surface area contributed by atoms with E-state index in [1.54, 1.807) is 6.07 Å². The number of piperidine rings is 1. The third-order valence-electron chi connectivity index (χ3n) is 6.19. The first kappa shape index (κ1) is 15.9. The van der Waals surface area contributed by atoms with Crippen LogP contribution in [0.25, 0.3) is 0 Å². The number of carbonyl (C=O) groups excluding carboxylic acids is 1. The first-order chi connectivity index (χ1) is 11.6. The van der Waals surface area contributed by atoms with E-state index in [1.165, 1.54) is 37.9 Å². The van der Waals surface area contributed by atoms with Gasteiger partial charge in [0.25, 0.3) is 0 Å². The van der Waals surface area contributed by atoms with Crippen LogP contribution in [0.2, 0.25) is 0 Å². The van der Waals surface area contributed by atoms with Crippen LogP contribution in [0.1, 0.15) is 39.0 Å². The number of likely N-dealkylation sites (tertiary alicyclic amines) is 1. The lowest BCUT2D eigenvalue weighted by Crippen LogP contribution is -2.58. The van der Waals surface area contributed by atoms with Crippen molar-refractivity contribution in [1.29, 1.82) is 0 Å². The van der Waals surface area contributed by atoms with Crippen molar-refractivity contribution >= 4 is 11.7 Å². The van der Waals surface area contributed by atoms with Crippen LogP contribution in [0.15, 0.2) is 24.3 Å². The van der Waals surface area contributed by atoms with Crippen LogP contribution < -0.4 is 10.2 Å². The van der Waals surface area contributed by atoms with Crippen LogP contribution in [0, 0.1) is 11.7 Å². The van der Waals surface area contributed by atoms with Crippen molar-refractivity contribution in [1.82, 2.24) is 10.2 Å². The number of amides is 2. The molecule has 24 heavy (non-hydrogen) atoms. The van der Waals surface area contributed by atoms with E-state index in [4.69, 9.17) is 0 Å². The molecule has 1 spiro atoms. The summed E-state index contributed by atoms with van der Waals surface area (Å²) in [5.74, 6) is 0.571. The molecule has 0 radical (unpaired) electrons. The van der Waals surface area contributed by atoms with Crippen LogP contribution in [-0.2, 0) is 0 Å². The van der Waals surface area contributed by atoms with Gasteiger partial charge in [-0.15, -0.1) is 0 Å². The summed E-state index contributed by atoms with van der Waals surface area (Å²) in [6, 6.07) is 6.76. The van der Waals surface area contributed by atoms with Crippen LogP contribution in [0.4, 0.5) is 14.9 Å². The maximum absolute atomic E-state index is 13.7. The SMILES string of the molecule is C[C@H]1C[C@]2(CCN1CC1CCC1)CNC(=O)N2c1cccc(F)c1. The lowest BCUT2D eigenvalue weighted by Gasteiger charge is -2.48. The third kappa shape index (κ3) is 2.69. The summed E-state index contributed by atoms with van der Waals surface area (Å²) >= 11 is 0. The lowest BCUT2D eigenvalue weighted by atomic mass is 9.80. The number of hydrogen-bond acceptors (Lipinski definition) is 2. The minimum absolute atomic E-state index is 0.0970. The number of rotatable bonds is 3. The molecule has 1 aliphatic carbocycles.